The molecule has 2 N–H and O–H groups in total. The highest BCUT2D eigenvalue weighted by Crippen LogP contribution is 2.34. The van der Waals surface area contributed by atoms with E-state index in [0.29, 0.717) is 42.7 Å². The van der Waals surface area contributed by atoms with Gasteiger partial charge in [-0.2, -0.15) is 0 Å². The number of carbonyl (C=O) groups excluding carboxylic acids is 1. The zero-order valence-electron chi connectivity index (χ0n) is 10.8. The van der Waals surface area contributed by atoms with Gasteiger partial charge in [-0.3, -0.25) is 4.79 Å². The standard InChI is InChI=1S/C14H18N2O3/c15-8-10-4-5-16(9-10)14(17)11-2-1-3-12-13(11)19-7-6-18-12/h1-3,10H,4-9,15H2/t10-/m1/s1. The van der Waals surface area contributed by atoms with Crippen LogP contribution in [0.15, 0.2) is 18.2 Å². The molecule has 2 aliphatic heterocycles. The summed E-state index contributed by atoms with van der Waals surface area (Å²) in [5, 5.41) is 0. The summed E-state index contributed by atoms with van der Waals surface area (Å²) in [7, 11) is 0. The van der Waals surface area contributed by atoms with Gasteiger partial charge in [-0.25, -0.2) is 0 Å². The SMILES string of the molecule is NC[C@H]1CCN(C(=O)c2cccc3c2OCCO3)C1. The maximum absolute atomic E-state index is 12.5. The van der Waals surface area contributed by atoms with Crippen LogP contribution >= 0.6 is 0 Å². The largest absolute Gasteiger partial charge is 0.486 e. The normalized spacial score (nSPS) is 21.5. The summed E-state index contributed by atoms with van der Waals surface area (Å²) < 4.78 is 11.1. The topological polar surface area (TPSA) is 64.8 Å². The molecule has 3 rings (SSSR count). The number of carbonyl (C=O) groups is 1. The van der Waals surface area contributed by atoms with Crippen molar-refractivity contribution in [2.45, 2.75) is 6.42 Å². The van der Waals surface area contributed by atoms with E-state index >= 15 is 0 Å². The fourth-order valence-corrected chi connectivity index (χ4v) is 2.62. The fraction of sp³-hybridized carbons (Fsp3) is 0.500. The zero-order valence-corrected chi connectivity index (χ0v) is 10.8. The first-order chi connectivity index (χ1) is 9.29. The number of ether oxygens (including phenoxy) is 2. The summed E-state index contributed by atoms with van der Waals surface area (Å²) in [6.45, 7) is 3.16. The number of nitrogens with two attached hydrogens (primary N) is 1. The molecule has 102 valence electrons. The number of nitrogens with zero attached hydrogens (tertiary/aromatic N) is 1. The molecule has 0 unspecified atom stereocenters. The van der Waals surface area contributed by atoms with E-state index in [4.69, 9.17) is 15.2 Å². The molecule has 1 atom stereocenters. The smallest absolute Gasteiger partial charge is 0.257 e. The maximum Gasteiger partial charge on any atom is 0.257 e. The van der Waals surface area contributed by atoms with Crippen molar-refractivity contribution in [3.8, 4) is 11.5 Å². The van der Waals surface area contributed by atoms with Crippen molar-refractivity contribution in [1.29, 1.82) is 0 Å². The lowest BCUT2D eigenvalue weighted by molar-refractivity contribution is 0.0777. The third-order valence-corrected chi connectivity index (χ3v) is 3.70. The van der Waals surface area contributed by atoms with Crippen molar-refractivity contribution in [3.63, 3.8) is 0 Å². The second-order valence-electron chi connectivity index (χ2n) is 4.97. The Kier molecular flexibility index (Phi) is 3.29. The van der Waals surface area contributed by atoms with Crippen molar-refractivity contribution in [1.82, 2.24) is 4.90 Å². The summed E-state index contributed by atoms with van der Waals surface area (Å²) in [4.78, 5) is 14.4. The van der Waals surface area contributed by atoms with Crippen LogP contribution in [0.25, 0.3) is 0 Å². The first-order valence-electron chi connectivity index (χ1n) is 6.67. The summed E-state index contributed by atoms with van der Waals surface area (Å²) in [6.07, 6.45) is 0.981. The summed E-state index contributed by atoms with van der Waals surface area (Å²) in [5.41, 5.74) is 6.26. The Morgan fingerprint density at radius 2 is 2.21 bits per heavy atom. The summed E-state index contributed by atoms with van der Waals surface area (Å²) in [6, 6.07) is 5.46. The molecule has 0 bridgehead atoms. The number of likely N-dealkylation sites (tertiary alicyclic amines) is 1. The van der Waals surface area contributed by atoms with Crippen molar-refractivity contribution in [2.75, 3.05) is 32.8 Å². The van der Waals surface area contributed by atoms with E-state index < -0.39 is 0 Å². The number of benzene rings is 1. The molecule has 1 amide bonds. The van der Waals surface area contributed by atoms with E-state index in [1.165, 1.54) is 0 Å². The van der Waals surface area contributed by atoms with Crippen molar-refractivity contribution >= 4 is 5.91 Å². The molecular weight excluding hydrogens is 244 g/mol. The molecule has 0 saturated carbocycles. The quantitative estimate of drug-likeness (QED) is 0.859. The van der Waals surface area contributed by atoms with E-state index in [2.05, 4.69) is 0 Å². The second-order valence-corrected chi connectivity index (χ2v) is 4.97. The van der Waals surface area contributed by atoms with Crippen LogP contribution in [-0.2, 0) is 0 Å². The zero-order chi connectivity index (χ0) is 13.2. The highest BCUT2D eigenvalue weighted by Gasteiger charge is 2.29. The molecule has 19 heavy (non-hydrogen) atoms. The molecule has 5 nitrogen and oxygen atoms in total. The van der Waals surface area contributed by atoms with Gasteiger partial charge in [0.25, 0.3) is 5.91 Å². The number of fused-ring (bicyclic) bond motifs is 1. The lowest BCUT2D eigenvalue weighted by Gasteiger charge is -2.23. The number of hydrogen-bond acceptors (Lipinski definition) is 4. The van der Waals surface area contributed by atoms with Gasteiger partial charge in [0.05, 0.1) is 5.56 Å². The third-order valence-electron chi connectivity index (χ3n) is 3.70. The maximum atomic E-state index is 12.5. The molecule has 0 spiro atoms. The first kappa shape index (κ1) is 12.3. The minimum Gasteiger partial charge on any atom is -0.486 e. The molecular formula is C14H18N2O3. The predicted molar refractivity (Wildman–Crippen MR) is 70.5 cm³/mol. The van der Waals surface area contributed by atoms with Crippen LogP contribution in [0.4, 0.5) is 0 Å². The monoisotopic (exact) mass is 262 g/mol. The van der Waals surface area contributed by atoms with E-state index in [1.54, 1.807) is 6.07 Å². The van der Waals surface area contributed by atoms with Gasteiger partial charge in [0.1, 0.15) is 13.2 Å². The average Bonchev–Trinajstić information content (AvgIpc) is 2.95. The predicted octanol–water partition coefficient (Wildman–Crippen LogP) is 0.879. The van der Waals surface area contributed by atoms with E-state index in [1.807, 2.05) is 17.0 Å². The highest BCUT2D eigenvalue weighted by atomic mass is 16.6. The van der Waals surface area contributed by atoms with Crippen molar-refractivity contribution in [3.05, 3.63) is 23.8 Å². The third kappa shape index (κ3) is 2.26. The van der Waals surface area contributed by atoms with Crippen LogP contribution in [0, 0.1) is 5.92 Å². The molecule has 1 saturated heterocycles. The van der Waals surface area contributed by atoms with Crippen LogP contribution < -0.4 is 15.2 Å². The molecule has 1 aromatic rings. The highest BCUT2D eigenvalue weighted by molar-refractivity contribution is 5.98. The molecule has 0 aromatic heterocycles. The lowest BCUT2D eigenvalue weighted by atomic mass is 10.1. The van der Waals surface area contributed by atoms with Gasteiger partial charge in [-0.15, -0.1) is 0 Å². The van der Waals surface area contributed by atoms with Gasteiger partial charge in [-0.1, -0.05) is 6.07 Å². The first-order valence-corrected chi connectivity index (χ1v) is 6.67. The molecule has 2 aliphatic rings. The van der Waals surface area contributed by atoms with Gasteiger partial charge in [0, 0.05) is 13.1 Å². The number of hydrogen-bond donors (Lipinski definition) is 1. The van der Waals surface area contributed by atoms with Crippen LogP contribution in [0.1, 0.15) is 16.8 Å². The fourth-order valence-electron chi connectivity index (χ4n) is 2.62. The molecule has 0 radical (unpaired) electrons. The Labute approximate surface area is 112 Å². The van der Waals surface area contributed by atoms with E-state index in [-0.39, 0.29) is 5.91 Å². The summed E-state index contributed by atoms with van der Waals surface area (Å²) in [5.74, 6) is 1.67. The Bertz CT molecular complexity index is 490. The average molecular weight is 262 g/mol. The van der Waals surface area contributed by atoms with Gasteiger partial charge in [0.2, 0.25) is 0 Å². The second kappa shape index (κ2) is 5.09. The van der Waals surface area contributed by atoms with Crippen LogP contribution in [0.5, 0.6) is 11.5 Å². The molecule has 1 aromatic carbocycles. The van der Waals surface area contributed by atoms with Gasteiger partial charge in [0.15, 0.2) is 11.5 Å². The van der Waals surface area contributed by atoms with Gasteiger partial charge in [-0.05, 0) is 31.0 Å². The number of amides is 1. The Balaban J connectivity index is 1.84. The van der Waals surface area contributed by atoms with Crippen molar-refractivity contribution in [2.24, 2.45) is 11.7 Å². The molecule has 0 aliphatic carbocycles. The van der Waals surface area contributed by atoms with Crippen LogP contribution in [0.2, 0.25) is 0 Å². The Morgan fingerprint density at radius 3 is 3.00 bits per heavy atom. The van der Waals surface area contributed by atoms with Crippen LogP contribution in [-0.4, -0.2) is 43.7 Å². The molecule has 2 heterocycles. The molecule has 1 fully saturated rings. The minimum atomic E-state index is 0.0123. The number of para-hydroxylation sites is 1. The van der Waals surface area contributed by atoms with Crippen molar-refractivity contribution < 1.29 is 14.3 Å². The van der Waals surface area contributed by atoms with Gasteiger partial charge < -0.3 is 20.1 Å². The van der Waals surface area contributed by atoms with E-state index in [9.17, 15) is 4.79 Å². The van der Waals surface area contributed by atoms with E-state index in [0.717, 1.165) is 19.5 Å². The minimum absolute atomic E-state index is 0.0123. The summed E-state index contributed by atoms with van der Waals surface area (Å²) >= 11 is 0. The Morgan fingerprint density at radius 1 is 1.37 bits per heavy atom. The Hall–Kier alpha value is -1.75. The molecule has 5 heteroatoms. The number of rotatable bonds is 2. The van der Waals surface area contributed by atoms with Gasteiger partial charge >= 0.3 is 0 Å². The van der Waals surface area contributed by atoms with Crippen LogP contribution in [0.3, 0.4) is 0 Å². The lowest BCUT2D eigenvalue weighted by Crippen LogP contribution is -2.31.